The van der Waals surface area contributed by atoms with Gasteiger partial charge in [-0.05, 0) is 73.5 Å². The molecule has 0 atom stereocenters. The van der Waals surface area contributed by atoms with Crippen LogP contribution in [-0.2, 0) is 4.43 Å². The lowest BCUT2D eigenvalue weighted by molar-refractivity contribution is 0.0397. The Bertz CT molecular complexity index is 551. The molecule has 0 aliphatic rings. The zero-order valence-electron chi connectivity index (χ0n) is 17.8. The van der Waals surface area contributed by atoms with Crippen molar-refractivity contribution in [2.45, 2.75) is 97.4 Å². The first-order chi connectivity index (χ1) is 12.4. The highest BCUT2D eigenvalue weighted by molar-refractivity contribution is 9.10. The first-order valence-electron chi connectivity index (χ1n) is 10.6. The fourth-order valence-corrected chi connectivity index (χ4v) is 7.53. The predicted molar refractivity (Wildman–Crippen MR) is 123 cm³/mol. The second-order valence-electron chi connectivity index (χ2n) is 7.37. The molecular formula is C23H39BrOSi. The highest BCUT2D eigenvalue weighted by Crippen LogP contribution is 2.35. The molecule has 3 heteroatoms. The maximum Gasteiger partial charge on any atom is 0.192 e. The fraction of sp³-hybridized carbons (Fsp3) is 0.652. The van der Waals surface area contributed by atoms with Gasteiger partial charge in [-0.25, -0.2) is 0 Å². The van der Waals surface area contributed by atoms with Gasteiger partial charge < -0.3 is 4.43 Å². The summed E-state index contributed by atoms with van der Waals surface area (Å²) in [5.41, 5.74) is 2.83. The number of hydrogen-bond donors (Lipinski definition) is 0. The summed E-state index contributed by atoms with van der Waals surface area (Å²) in [5.74, 6) is 0. The minimum atomic E-state index is -1.58. The molecule has 0 saturated heterocycles. The van der Waals surface area contributed by atoms with Crippen molar-refractivity contribution in [3.63, 3.8) is 0 Å². The van der Waals surface area contributed by atoms with E-state index in [4.69, 9.17) is 4.43 Å². The molecule has 0 heterocycles. The SMILES string of the molecule is CC/C(=C\CCC(CC)(CC)O[Si](CC)(CC)CC)c1cccc(Br)c1. The van der Waals surface area contributed by atoms with Crippen LogP contribution in [0.4, 0.5) is 0 Å². The number of halogens is 1. The number of allylic oxidation sites excluding steroid dienone is 2. The summed E-state index contributed by atoms with van der Waals surface area (Å²) in [6, 6.07) is 12.3. The summed E-state index contributed by atoms with van der Waals surface area (Å²) in [4.78, 5) is 0. The Balaban J connectivity index is 2.93. The Kier molecular flexibility index (Phi) is 10.4. The van der Waals surface area contributed by atoms with E-state index in [0.29, 0.717) is 0 Å². The van der Waals surface area contributed by atoms with Gasteiger partial charge in [-0.15, -0.1) is 0 Å². The van der Waals surface area contributed by atoms with Gasteiger partial charge in [0.2, 0.25) is 0 Å². The lowest BCUT2D eigenvalue weighted by Gasteiger charge is -2.42. The van der Waals surface area contributed by atoms with Gasteiger partial charge in [0, 0.05) is 4.47 Å². The fourth-order valence-electron chi connectivity index (χ4n) is 3.89. The Morgan fingerprint density at radius 2 is 1.65 bits per heavy atom. The molecule has 0 saturated carbocycles. The van der Waals surface area contributed by atoms with Gasteiger partial charge in [-0.3, -0.25) is 0 Å². The zero-order chi connectivity index (χ0) is 19.6. The molecule has 1 aromatic carbocycles. The second-order valence-corrected chi connectivity index (χ2v) is 13.0. The van der Waals surface area contributed by atoms with E-state index in [-0.39, 0.29) is 5.60 Å². The molecule has 1 aromatic rings. The van der Waals surface area contributed by atoms with Crippen molar-refractivity contribution in [2.75, 3.05) is 0 Å². The lowest BCUT2D eigenvalue weighted by Crippen LogP contribution is -2.46. The predicted octanol–water partition coefficient (Wildman–Crippen LogP) is 8.60. The van der Waals surface area contributed by atoms with Crippen LogP contribution in [0, 0.1) is 0 Å². The first-order valence-corrected chi connectivity index (χ1v) is 13.9. The average molecular weight is 440 g/mol. The molecule has 0 spiro atoms. The Morgan fingerprint density at radius 3 is 2.12 bits per heavy atom. The molecule has 0 bridgehead atoms. The molecule has 0 aromatic heterocycles. The molecule has 0 aliphatic heterocycles. The quantitative estimate of drug-likeness (QED) is 0.296. The van der Waals surface area contributed by atoms with E-state index in [1.54, 1.807) is 0 Å². The number of hydrogen-bond acceptors (Lipinski definition) is 1. The zero-order valence-corrected chi connectivity index (χ0v) is 20.4. The van der Waals surface area contributed by atoms with Crippen LogP contribution in [0.1, 0.15) is 79.2 Å². The third-order valence-corrected chi connectivity index (χ3v) is 11.4. The number of rotatable bonds is 12. The van der Waals surface area contributed by atoms with Gasteiger partial charge in [0.1, 0.15) is 0 Å². The van der Waals surface area contributed by atoms with Crippen molar-refractivity contribution < 1.29 is 4.43 Å². The molecular weight excluding hydrogens is 400 g/mol. The highest BCUT2D eigenvalue weighted by atomic mass is 79.9. The second kappa shape index (κ2) is 11.5. The van der Waals surface area contributed by atoms with Crippen molar-refractivity contribution in [3.8, 4) is 0 Å². The molecule has 0 fully saturated rings. The van der Waals surface area contributed by atoms with Crippen molar-refractivity contribution in [3.05, 3.63) is 40.4 Å². The van der Waals surface area contributed by atoms with Gasteiger partial charge >= 0.3 is 0 Å². The lowest BCUT2D eigenvalue weighted by atomic mass is 9.90. The van der Waals surface area contributed by atoms with Gasteiger partial charge in [0.15, 0.2) is 8.32 Å². The Morgan fingerprint density at radius 1 is 1.04 bits per heavy atom. The topological polar surface area (TPSA) is 9.23 Å². The van der Waals surface area contributed by atoms with Crippen LogP contribution in [-0.4, -0.2) is 13.9 Å². The van der Waals surface area contributed by atoms with Crippen LogP contribution in [0.3, 0.4) is 0 Å². The van der Waals surface area contributed by atoms with Crippen molar-refractivity contribution in [1.82, 2.24) is 0 Å². The van der Waals surface area contributed by atoms with E-state index in [2.05, 4.69) is 87.8 Å². The Labute approximate surface area is 171 Å². The van der Waals surface area contributed by atoms with Gasteiger partial charge in [-0.1, -0.05) is 75.7 Å². The minimum absolute atomic E-state index is 0.0564. The molecule has 148 valence electrons. The summed E-state index contributed by atoms with van der Waals surface area (Å²) >= 11 is 3.60. The van der Waals surface area contributed by atoms with E-state index in [9.17, 15) is 0 Å². The third-order valence-electron chi connectivity index (χ3n) is 6.22. The largest absolute Gasteiger partial charge is 0.411 e. The molecule has 0 amide bonds. The summed E-state index contributed by atoms with van der Waals surface area (Å²) in [6.07, 6.45) is 7.97. The molecule has 1 nitrogen and oxygen atoms in total. The molecule has 26 heavy (non-hydrogen) atoms. The standard InChI is InChI=1S/C23H39BrOSi/c1-7-20(21-15-13-17-22(24)19-21)16-14-18-23(8-2,9-3)25-26(10-4,11-5)12-6/h13,15-17,19H,7-12,14,18H2,1-6H3/b20-16+. The maximum absolute atomic E-state index is 7.01. The third kappa shape index (κ3) is 6.35. The van der Waals surface area contributed by atoms with Crippen molar-refractivity contribution >= 4 is 29.8 Å². The first kappa shape index (κ1) is 23.7. The van der Waals surface area contributed by atoms with E-state index in [1.165, 1.54) is 29.3 Å². The van der Waals surface area contributed by atoms with Crippen molar-refractivity contribution in [1.29, 1.82) is 0 Å². The monoisotopic (exact) mass is 438 g/mol. The molecule has 0 N–H and O–H groups in total. The van der Waals surface area contributed by atoms with Gasteiger partial charge in [0.05, 0.1) is 5.60 Å². The highest BCUT2D eigenvalue weighted by Gasteiger charge is 2.38. The van der Waals surface area contributed by atoms with E-state index in [0.717, 1.165) is 36.6 Å². The van der Waals surface area contributed by atoms with Crippen LogP contribution in [0.2, 0.25) is 18.1 Å². The summed E-state index contributed by atoms with van der Waals surface area (Å²) in [7, 11) is -1.58. The van der Waals surface area contributed by atoms with Crippen LogP contribution < -0.4 is 0 Å². The summed E-state index contributed by atoms with van der Waals surface area (Å²) in [5, 5.41) is 0. The normalized spacial score (nSPS) is 13.3. The van der Waals surface area contributed by atoms with Crippen LogP contribution in [0.15, 0.2) is 34.8 Å². The molecule has 0 radical (unpaired) electrons. The summed E-state index contributed by atoms with van der Waals surface area (Å²) in [6.45, 7) is 13.9. The molecule has 0 unspecified atom stereocenters. The maximum atomic E-state index is 7.01. The van der Waals surface area contributed by atoms with Crippen LogP contribution in [0.25, 0.3) is 5.57 Å². The van der Waals surface area contributed by atoms with Crippen LogP contribution >= 0.6 is 15.9 Å². The smallest absolute Gasteiger partial charge is 0.192 e. The van der Waals surface area contributed by atoms with Gasteiger partial charge in [-0.2, -0.15) is 0 Å². The van der Waals surface area contributed by atoms with Crippen LogP contribution in [0.5, 0.6) is 0 Å². The minimum Gasteiger partial charge on any atom is -0.411 e. The van der Waals surface area contributed by atoms with Crippen molar-refractivity contribution in [2.24, 2.45) is 0 Å². The van der Waals surface area contributed by atoms with E-state index >= 15 is 0 Å². The Hall–Kier alpha value is -0.383. The number of benzene rings is 1. The molecule has 1 rings (SSSR count). The molecule has 0 aliphatic carbocycles. The van der Waals surface area contributed by atoms with E-state index < -0.39 is 8.32 Å². The average Bonchev–Trinajstić information content (AvgIpc) is 2.68. The summed E-state index contributed by atoms with van der Waals surface area (Å²) < 4.78 is 8.17. The van der Waals surface area contributed by atoms with E-state index in [1.807, 2.05) is 0 Å². The van der Waals surface area contributed by atoms with Gasteiger partial charge in [0.25, 0.3) is 0 Å².